The van der Waals surface area contributed by atoms with Crippen LogP contribution in [0.2, 0.25) is 0 Å². The van der Waals surface area contributed by atoms with Gasteiger partial charge in [-0.05, 0) is 14.0 Å². The van der Waals surface area contributed by atoms with Crippen molar-refractivity contribution in [2.75, 3.05) is 27.2 Å². The average Bonchev–Trinajstić information content (AvgIpc) is 2.71. The molecule has 0 bridgehead atoms. The lowest BCUT2D eigenvalue weighted by Crippen LogP contribution is -2.36. The Kier molecular flexibility index (Phi) is 5.75. The third-order valence-corrected chi connectivity index (χ3v) is 3.57. The van der Waals surface area contributed by atoms with Crippen molar-refractivity contribution in [2.24, 2.45) is 0 Å². The molecule has 6 heteroatoms. The van der Waals surface area contributed by atoms with E-state index >= 15 is 0 Å². The largest absolute Gasteiger partial charge is 0.344 e. The standard InChI is InChI=1S/C12H18N4OS/c1-10-11(18-9-14-10)7-15(2)8-12(17)16(3)6-4-5-13/h9H,4,6-8H2,1-3H3. The molecule has 1 amide bonds. The maximum atomic E-state index is 11.8. The second kappa shape index (κ2) is 7.09. The monoisotopic (exact) mass is 266 g/mol. The van der Waals surface area contributed by atoms with Crippen LogP contribution in [-0.2, 0) is 11.3 Å². The molecular weight excluding hydrogens is 248 g/mol. The number of amides is 1. The van der Waals surface area contributed by atoms with Crippen molar-refractivity contribution in [2.45, 2.75) is 19.9 Å². The Hall–Kier alpha value is -1.45. The lowest BCUT2D eigenvalue weighted by Gasteiger charge is -2.20. The Morgan fingerprint density at radius 1 is 1.56 bits per heavy atom. The van der Waals surface area contributed by atoms with E-state index in [1.54, 1.807) is 23.3 Å². The van der Waals surface area contributed by atoms with Crippen molar-refractivity contribution in [3.8, 4) is 6.07 Å². The summed E-state index contributed by atoms with van der Waals surface area (Å²) in [6, 6.07) is 2.04. The van der Waals surface area contributed by atoms with Gasteiger partial charge in [0.15, 0.2) is 0 Å². The van der Waals surface area contributed by atoms with Gasteiger partial charge in [0.25, 0.3) is 0 Å². The van der Waals surface area contributed by atoms with E-state index in [1.165, 1.54) is 4.88 Å². The number of nitriles is 1. The second-order valence-electron chi connectivity index (χ2n) is 4.26. The van der Waals surface area contributed by atoms with Crippen molar-refractivity contribution < 1.29 is 4.79 Å². The SMILES string of the molecule is Cc1ncsc1CN(C)CC(=O)N(C)CCC#N. The van der Waals surface area contributed by atoms with Crippen LogP contribution in [0, 0.1) is 18.3 Å². The molecule has 1 heterocycles. The van der Waals surface area contributed by atoms with Gasteiger partial charge in [-0.15, -0.1) is 11.3 Å². The number of hydrogen-bond donors (Lipinski definition) is 0. The molecule has 5 nitrogen and oxygen atoms in total. The summed E-state index contributed by atoms with van der Waals surface area (Å²) in [6.07, 6.45) is 0.375. The molecule has 98 valence electrons. The number of likely N-dealkylation sites (N-methyl/N-ethyl adjacent to an activating group) is 2. The number of carbonyl (C=O) groups is 1. The molecule has 0 N–H and O–H groups in total. The van der Waals surface area contributed by atoms with E-state index in [2.05, 4.69) is 4.98 Å². The van der Waals surface area contributed by atoms with E-state index in [9.17, 15) is 4.79 Å². The normalized spacial score (nSPS) is 10.4. The fourth-order valence-electron chi connectivity index (χ4n) is 1.47. The summed E-state index contributed by atoms with van der Waals surface area (Å²) >= 11 is 1.61. The van der Waals surface area contributed by atoms with Crippen LogP contribution < -0.4 is 0 Å². The Labute approximate surface area is 112 Å². The van der Waals surface area contributed by atoms with Gasteiger partial charge in [-0.3, -0.25) is 9.69 Å². The number of aromatic nitrogens is 1. The molecule has 0 aliphatic heterocycles. The predicted molar refractivity (Wildman–Crippen MR) is 71.1 cm³/mol. The van der Waals surface area contributed by atoms with Crippen LogP contribution >= 0.6 is 11.3 Å². The molecule has 0 radical (unpaired) electrons. The highest BCUT2D eigenvalue weighted by Crippen LogP contribution is 2.13. The molecular formula is C12H18N4OS. The number of nitrogens with zero attached hydrogens (tertiary/aromatic N) is 4. The van der Waals surface area contributed by atoms with Gasteiger partial charge in [-0.1, -0.05) is 0 Å². The number of aryl methyl sites for hydroxylation is 1. The van der Waals surface area contributed by atoms with Gasteiger partial charge in [-0.2, -0.15) is 5.26 Å². The Morgan fingerprint density at radius 3 is 2.83 bits per heavy atom. The molecule has 0 saturated heterocycles. The fraction of sp³-hybridized carbons (Fsp3) is 0.583. The van der Waals surface area contributed by atoms with Crippen LogP contribution in [0.4, 0.5) is 0 Å². The van der Waals surface area contributed by atoms with Crippen LogP contribution in [0.5, 0.6) is 0 Å². The first-order valence-electron chi connectivity index (χ1n) is 5.73. The van der Waals surface area contributed by atoms with Crippen LogP contribution in [0.3, 0.4) is 0 Å². The summed E-state index contributed by atoms with van der Waals surface area (Å²) in [6.45, 7) is 3.55. The van der Waals surface area contributed by atoms with Gasteiger partial charge in [0.2, 0.25) is 5.91 Å². The maximum Gasteiger partial charge on any atom is 0.236 e. The minimum atomic E-state index is 0.0370. The van der Waals surface area contributed by atoms with Crippen LogP contribution in [0.1, 0.15) is 17.0 Å². The highest BCUT2D eigenvalue weighted by Gasteiger charge is 2.13. The predicted octanol–water partition coefficient (Wildman–Crippen LogP) is 1.26. The smallest absolute Gasteiger partial charge is 0.236 e. The van der Waals surface area contributed by atoms with E-state index in [0.717, 1.165) is 12.2 Å². The van der Waals surface area contributed by atoms with Crippen LogP contribution in [-0.4, -0.2) is 47.9 Å². The van der Waals surface area contributed by atoms with Gasteiger partial charge >= 0.3 is 0 Å². The van der Waals surface area contributed by atoms with Crippen molar-refractivity contribution in [1.82, 2.24) is 14.8 Å². The van der Waals surface area contributed by atoms with Crippen molar-refractivity contribution in [3.05, 3.63) is 16.1 Å². The third kappa shape index (κ3) is 4.43. The molecule has 0 aromatic carbocycles. The summed E-state index contributed by atoms with van der Waals surface area (Å²) in [5.74, 6) is 0.0370. The molecule has 0 aliphatic rings. The lowest BCUT2D eigenvalue weighted by molar-refractivity contribution is -0.130. The fourth-order valence-corrected chi connectivity index (χ4v) is 2.33. The Bertz CT molecular complexity index is 438. The topological polar surface area (TPSA) is 60.2 Å². The second-order valence-corrected chi connectivity index (χ2v) is 5.20. The molecule has 0 saturated carbocycles. The first-order valence-corrected chi connectivity index (χ1v) is 6.61. The summed E-state index contributed by atoms with van der Waals surface area (Å²) in [7, 11) is 3.64. The Morgan fingerprint density at radius 2 is 2.28 bits per heavy atom. The van der Waals surface area contributed by atoms with E-state index in [4.69, 9.17) is 5.26 Å². The van der Waals surface area contributed by atoms with Crippen molar-refractivity contribution in [3.63, 3.8) is 0 Å². The van der Waals surface area contributed by atoms with Crippen molar-refractivity contribution in [1.29, 1.82) is 5.26 Å². The molecule has 18 heavy (non-hydrogen) atoms. The number of hydrogen-bond acceptors (Lipinski definition) is 5. The molecule has 0 spiro atoms. The Balaban J connectivity index is 2.40. The molecule has 0 unspecified atom stereocenters. The minimum absolute atomic E-state index is 0.0370. The molecule has 0 aliphatic carbocycles. The minimum Gasteiger partial charge on any atom is -0.344 e. The zero-order valence-corrected chi connectivity index (χ0v) is 11.8. The van der Waals surface area contributed by atoms with Gasteiger partial charge < -0.3 is 4.90 Å². The van der Waals surface area contributed by atoms with E-state index in [-0.39, 0.29) is 5.91 Å². The zero-order chi connectivity index (χ0) is 13.5. The number of rotatable bonds is 6. The zero-order valence-electron chi connectivity index (χ0n) is 11.0. The van der Waals surface area contributed by atoms with Gasteiger partial charge in [0.1, 0.15) is 0 Å². The van der Waals surface area contributed by atoms with Crippen molar-refractivity contribution >= 4 is 17.2 Å². The van der Waals surface area contributed by atoms with Gasteiger partial charge in [0.05, 0.1) is 30.2 Å². The summed E-state index contributed by atoms with van der Waals surface area (Å²) in [5, 5.41) is 8.48. The van der Waals surface area contributed by atoms with E-state index < -0.39 is 0 Å². The first-order chi connectivity index (χ1) is 8.54. The lowest BCUT2D eigenvalue weighted by atomic mass is 10.3. The van der Waals surface area contributed by atoms with Crippen LogP contribution in [0.25, 0.3) is 0 Å². The first kappa shape index (κ1) is 14.6. The average molecular weight is 266 g/mol. The van der Waals surface area contributed by atoms with E-state index in [0.29, 0.717) is 19.5 Å². The summed E-state index contributed by atoms with van der Waals surface area (Å²) < 4.78 is 0. The molecule has 1 rings (SSSR count). The maximum absolute atomic E-state index is 11.8. The van der Waals surface area contributed by atoms with Gasteiger partial charge in [0, 0.05) is 25.0 Å². The third-order valence-electron chi connectivity index (χ3n) is 2.65. The highest BCUT2D eigenvalue weighted by atomic mass is 32.1. The van der Waals surface area contributed by atoms with Gasteiger partial charge in [-0.25, -0.2) is 4.98 Å². The number of thiazole rings is 1. The molecule has 1 aromatic heterocycles. The quantitative estimate of drug-likeness (QED) is 0.777. The highest BCUT2D eigenvalue weighted by molar-refractivity contribution is 7.09. The number of carbonyl (C=O) groups excluding carboxylic acids is 1. The van der Waals surface area contributed by atoms with Crippen LogP contribution in [0.15, 0.2) is 5.51 Å². The van der Waals surface area contributed by atoms with E-state index in [1.807, 2.05) is 30.5 Å². The molecule has 0 atom stereocenters. The summed E-state index contributed by atoms with van der Waals surface area (Å²) in [4.78, 5) is 20.8. The molecule has 1 aromatic rings. The molecule has 0 fully saturated rings. The summed E-state index contributed by atoms with van der Waals surface area (Å²) in [5.41, 5.74) is 2.84.